The molecule has 3 fully saturated rings. The molecule has 138 valence electrons. The summed E-state index contributed by atoms with van der Waals surface area (Å²) in [5.74, 6) is 3.29. The fraction of sp³-hybridized carbons (Fsp3) is 0.667. The van der Waals surface area contributed by atoms with Gasteiger partial charge < -0.3 is 14.1 Å². The van der Waals surface area contributed by atoms with Crippen molar-refractivity contribution in [2.45, 2.75) is 43.7 Å². The zero-order valence-corrected chi connectivity index (χ0v) is 15.0. The van der Waals surface area contributed by atoms with Crippen molar-refractivity contribution in [3.63, 3.8) is 0 Å². The molecule has 0 radical (unpaired) electrons. The molecule has 1 atom stereocenters. The summed E-state index contributed by atoms with van der Waals surface area (Å²) in [6.07, 6.45) is 3.49. The van der Waals surface area contributed by atoms with Crippen molar-refractivity contribution in [1.29, 1.82) is 0 Å². The van der Waals surface area contributed by atoms with E-state index in [4.69, 9.17) is 9.15 Å². The maximum Gasteiger partial charge on any atom is 0.230 e. The first kappa shape index (κ1) is 16.1. The Hall–Kier alpha value is -2.06. The summed E-state index contributed by atoms with van der Waals surface area (Å²) in [5, 5.41) is 17.2. The van der Waals surface area contributed by atoms with Crippen LogP contribution >= 0.6 is 0 Å². The summed E-state index contributed by atoms with van der Waals surface area (Å²) in [4.78, 5) is 4.53. The summed E-state index contributed by atoms with van der Waals surface area (Å²) in [6, 6.07) is 4.69. The van der Waals surface area contributed by atoms with Crippen LogP contribution in [0.4, 0.5) is 5.82 Å². The Kier molecular flexibility index (Phi) is 4.09. The molecular weight excluding hydrogens is 332 g/mol. The molecule has 0 bridgehead atoms. The van der Waals surface area contributed by atoms with Crippen LogP contribution in [-0.4, -0.2) is 64.7 Å². The third kappa shape index (κ3) is 3.19. The molecule has 3 aliphatic rings. The molecule has 4 heterocycles. The molecule has 1 aliphatic carbocycles. The second-order valence-electron chi connectivity index (χ2n) is 7.66. The number of aromatic nitrogens is 4. The number of nitrogens with zero attached hydrogens (tertiary/aromatic N) is 6. The van der Waals surface area contributed by atoms with Gasteiger partial charge in [-0.05, 0) is 38.4 Å². The standard InChI is InChI=1S/C18H24N6O2/c1-23(10-17-21-22-18(26-17)13-6-7-25-11-13)14-8-24(9-14)16-5-4-15(19-20-16)12-2-3-12/h4-5,12-14H,2-3,6-11H2,1H3. The van der Waals surface area contributed by atoms with Crippen LogP contribution in [0.3, 0.4) is 0 Å². The Labute approximate surface area is 152 Å². The summed E-state index contributed by atoms with van der Waals surface area (Å²) in [6.45, 7) is 4.04. The van der Waals surface area contributed by atoms with E-state index in [2.05, 4.69) is 49.4 Å². The summed E-state index contributed by atoms with van der Waals surface area (Å²) in [5.41, 5.74) is 1.14. The topological polar surface area (TPSA) is 80.4 Å². The summed E-state index contributed by atoms with van der Waals surface area (Å²) in [7, 11) is 2.10. The van der Waals surface area contributed by atoms with Crippen molar-refractivity contribution < 1.29 is 9.15 Å². The van der Waals surface area contributed by atoms with E-state index < -0.39 is 0 Å². The maximum atomic E-state index is 5.83. The van der Waals surface area contributed by atoms with E-state index in [1.165, 1.54) is 12.8 Å². The van der Waals surface area contributed by atoms with Crippen molar-refractivity contribution >= 4 is 5.82 Å². The Morgan fingerprint density at radius 3 is 2.65 bits per heavy atom. The van der Waals surface area contributed by atoms with Gasteiger partial charge in [-0.3, -0.25) is 4.90 Å². The van der Waals surface area contributed by atoms with Crippen LogP contribution < -0.4 is 4.90 Å². The molecule has 2 aliphatic heterocycles. The quantitative estimate of drug-likeness (QED) is 0.771. The zero-order valence-electron chi connectivity index (χ0n) is 15.0. The fourth-order valence-electron chi connectivity index (χ4n) is 3.59. The molecule has 5 rings (SSSR count). The van der Waals surface area contributed by atoms with Crippen LogP contribution in [-0.2, 0) is 11.3 Å². The van der Waals surface area contributed by atoms with Gasteiger partial charge in [0.25, 0.3) is 0 Å². The fourth-order valence-corrected chi connectivity index (χ4v) is 3.59. The van der Waals surface area contributed by atoms with Crippen molar-refractivity contribution in [2.75, 3.05) is 38.3 Å². The maximum absolute atomic E-state index is 5.83. The van der Waals surface area contributed by atoms with Gasteiger partial charge in [-0.2, -0.15) is 5.10 Å². The first-order chi connectivity index (χ1) is 12.8. The van der Waals surface area contributed by atoms with Crippen LogP contribution in [0.5, 0.6) is 0 Å². The highest BCUT2D eigenvalue weighted by Gasteiger charge is 2.33. The van der Waals surface area contributed by atoms with Crippen molar-refractivity contribution in [3.05, 3.63) is 29.6 Å². The lowest BCUT2D eigenvalue weighted by molar-refractivity contribution is 0.176. The Balaban J connectivity index is 1.13. The molecule has 2 aromatic heterocycles. The molecule has 8 heteroatoms. The predicted molar refractivity (Wildman–Crippen MR) is 94.0 cm³/mol. The molecular formula is C18H24N6O2. The van der Waals surface area contributed by atoms with E-state index in [9.17, 15) is 0 Å². The average Bonchev–Trinajstić information content (AvgIpc) is 3.12. The molecule has 2 aromatic rings. The van der Waals surface area contributed by atoms with E-state index in [0.29, 0.717) is 36.9 Å². The SMILES string of the molecule is CN(Cc1nnc(C2CCOC2)o1)C1CN(c2ccc(C3CC3)nn2)C1. The van der Waals surface area contributed by atoms with Gasteiger partial charge in [-0.1, -0.05) is 0 Å². The minimum absolute atomic E-state index is 0.262. The second kappa shape index (κ2) is 6.59. The molecule has 2 saturated heterocycles. The third-order valence-corrected chi connectivity index (χ3v) is 5.62. The number of hydrogen-bond donors (Lipinski definition) is 0. The molecule has 0 spiro atoms. The van der Waals surface area contributed by atoms with E-state index in [-0.39, 0.29) is 5.92 Å². The van der Waals surface area contributed by atoms with E-state index >= 15 is 0 Å². The normalized spacial score (nSPS) is 23.6. The number of hydrogen-bond acceptors (Lipinski definition) is 8. The molecule has 0 amide bonds. The van der Waals surface area contributed by atoms with Gasteiger partial charge in [-0.15, -0.1) is 15.3 Å². The molecule has 1 saturated carbocycles. The van der Waals surface area contributed by atoms with Gasteiger partial charge in [0.2, 0.25) is 11.8 Å². The van der Waals surface area contributed by atoms with Gasteiger partial charge >= 0.3 is 0 Å². The summed E-state index contributed by atoms with van der Waals surface area (Å²) >= 11 is 0. The molecule has 1 unspecified atom stereocenters. The van der Waals surface area contributed by atoms with Gasteiger partial charge in [0, 0.05) is 31.7 Å². The second-order valence-corrected chi connectivity index (χ2v) is 7.66. The zero-order chi connectivity index (χ0) is 17.5. The first-order valence-electron chi connectivity index (χ1n) is 9.45. The van der Waals surface area contributed by atoms with Gasteiger partial charge in [-0.25, -0.2) is 0 Å². The minimum Gasteiger partial charge on any atom is -0.423 e. The van der Waals surface area contributed by atoms with E-state index in [1.807, 2.05) is 0 Å². The van der Waals surface area contributed by atoms with Crippen LogP contribution in [0.25, 0.3) is 0 Å². The number of likely N-dealkylation sites (N-methyl/N-ethyl adjacent to an activating group) is 1. The molecule has 0 N–H and O–H groups in total. The smallest absolute Gasteiger partial charge is 0.230 e. The molecule has 0 aromatic carbocycles. The third-order valence-electron chi connectivity index (χ3n) is 5.62. The lowest BCUT2D eigenvalue weighted by atomic mass is 10.1. The van der Waals surface area contributed by atoms with Crippen molar-refractivity contribution in [1.82, 2.24) is 25.3 Å². The van der Waals surface area contributed by atoms with Crippen LogP contribution in [0.15, 0.2) is 16.5 Å². The van der Waals surface area contributed by atoms with Crippen LogP contribution in [0.2, 0.25) is 0 Å². The number of ether oxygens (including phenoxy) is 1. The van der Waals surface area contributed by atoms with Crippen LogP contribution in [0, 0.1) is 0 Å². The Morgan fingerprint density at radius 1 is 1.08 bits per heavy atom. The number of rotatable bonds is 6. The lowest BCUT2D eigenvalue weighted by Crippen LogP contribution is -2.58. The highest BCUT2D eigenvalue weighted by molar-refractivity contribution is 5.42. The first-order valence-corrected chi connectivity index (χ1v) is 9.45. The minimum atomic E-state index is 0.262. The molecule has 8 nitrogen and oxygen atoms in total. The lowest BCUT2D eigenvalue weighted by Gasteiger charge is -2.44. The van der Waals surface area contributed by atoms with E-state index in [0.717, 1.165) is 37.6 Å². The molecule has 26 heavy (non-hydrogen) atoms. The van der Waals surface area contributed by atoms with Crippen LogP contribution in [0.1, 0.15) is 48.6 Å². The Bertz CT molecular complexity index is 747. The van der Waals surface area contributed by atoms with Gasteiger partial charge in [0.1, 0.15) is 0 Å². The highest BCUT2D eigenvalue weighted by atomic mass is 16.5. The van der Waals surface area contributed by atoms with E-state index in [1.54, 1.807) is 0 Å². The summed E-state index contributed by atoms with van der Waals surface area (Å²) < 4.78 is 11.2. The monoisotopic (exact) mass is 356 g/mol. The van der Waals surface area contributed by atoms with Gasteiger partial charge in [0.05, 0.1) is 24.8 Å². The Morgan fingerprint density at radius 2 is 1.96 bits per heavy atom. The number of anilines is 1. The average molecular weight is 356 g/mol. The largest absolute Gasteiger partial charge is 0.423 e. The predicted octanol–water partition coefficient (Wildman–Crippen LogP) is 1.56. The van der Waals surface area contributed by atoms with Crippen molar-refractivity contribution in [3.8, 4) is 0 Å². The highest BCUT2D eigenvalue weighted by Crippen LogP contribution is 2.38. The van der Waals surface area contributed by atoms with Gasteiger partial charge in [0.15, 0.2) is 5.82 Å². The van der Waals surface area contributed by atoms with Crippen molar-refractivity contribution in [2.24, 2.45) is 0 Å².